The number of thioether (sulfide) groups is 1. The maximum absolute atomic E-state index is 13.0. The lowest BCUT2D eigenvalue weighted by atomic mass is 10.1. The van der Waals surface area contributed by atoms with Crippen molar-refractivity contribution in [2.45, 2.75) is 23.6 Å². The van der Waals surface area contributed by atoms with Crippen molar-refractivity contribution in [1.29, 1.82) is 10.5 Å². The van der Waals surface area contributed by atoms with Gasteiger partial charge in [0.15, 0.2) is 0 Å². The van der Waals surface area contributed by atoms with Crippen LogP contribution in [0.5, 0.6) is 0 Å². The van der Waals surface area contributed by atoms with E-state index in [9.17, 15) is 14.9 Å². The van der Waals surface area contributed by atoms with Gasteiger partial charge < -0.3 is 0 Å². The minimum absolute atomic E-state index is 0.0187. The van der Waals surface area contributed by atoms with Crippen LogP contribution in [0.4, 0.5) is 5.69 Å². The lowest BCUT2D eigenvalue weighted by Crippen LogP contribution is -2.31. The minimum atomic E-state index is -0.670. The predicted octanol–water partition coefficient (Wildman–Crippen LogP) is 4.22. The quantitative estimate of drug-likeness (QED) is 0.582. The Morgan fingerprint density at radius 1 is 0.968 bits per heavy atom. The zero-order valence-corrected chi connectivity index (χ0v) is 17.4. The van der Waals surface area contributed by atoms with Gasteiger partial charge in [0.05, 0.1) is 33.8 Å². The average Bonchev–Trinajstić information content (AvgIpc) is 3.07. The van der Waals surface area contributed by atoms with Crippen LogP contribution in [0.25, 0.3) is 11.3 Å². The van der Waals surface area contributed by atoms with Gasteiger partial charge in [0.2, 0.25) is 11.8 Å². The average molecular weight is 424 g/mol. The number of amides is 2. The molecule has 150 valence electrons. The first-order valence-electron chi connectivity index (χ1n) is 9.52. The lowest BCUT2D eigenvalue weighted by Gasteiger charge is -2.15. The summed E-state index contributed by atoms with van der Waals surface area (Å²) in [6.45, 7) is 2.00. The highest BCUT2D eigenvalue weighted by Gasteiger charge is 2.40. The van der Waals surface area contributed by atoms with E-state index in [2.05, 4.69) is 11.1 Å². The predicted molar refractivity (Wildman–Crippen MR) is 117 cm³/mol. The van der Waals surface area contributed by atoms with Gasteiger partial charge in [-0.1, -0.05) is 41.6 Å². The number of carbonyl (C=O) groups is 2. The van der Waals surface area contributed by atoms with Crippen molar-refractivity contribution in [3.05, 3.63) is 77.4 Å². The molecule has 7 heteroatoms. The van der Waals surface area contributed by atoms with Crippen LogP contribution in [0.2, 0.25) is 0 Å². The summed E-state index contributed by atoms with van der Waals surface area (Å²) in [5.74, 6) is -0.674. The normalized spacial score (nSPS) is 15.6. The third kappa shape index (κ3) is 4.05. The molecule has 4 rings (SSSR count). The Labute approximate surface area is 183 Å². The van der Waals surface area contributed by atoms with Crippen molar-refractivity contribution in [1.82, 2.24) is 4.98 Å². The molecule has 31 heavy (non-hydrogen) atoms. The van der Waals surface area contributed by atoms with E-state index in [-0.39, 0.29) is 18.2 Å². The Hall–Kier alpha value is -3.94. The Bertz CT molecular complexity index is 1250. The standard InChI is InChI=1S/C24H16N4O2S/c1-15-2-6-17(7-3-15)20-11-8-18(14-26)23(27-20)31-21-12-22(29)28(24(21)30)19-9-4-16(13-25)5-10-19/h2-11,21H,12H2,1H3. The molecule has 1 saturated heterocycles. The van der Waals surface area contributed by atoms with Gasteiger partial charge in [-0.2, -0.15) is 10.5 Å². The number of aromatic nitrogens is 1. The summed E-state index contributed by atoms with van der Waals surface area (Å²) in [7, 11) is 0. The van der Waals surface area contributed by atoms with Gasteiger partial charge in [-0.25, -0.2) is 9.88 Å². The second kappa shape index (κ2) is 8.43. The first-order chi connectivity index (χ1) is 15.0. The molecule has 0 radical (unpaired) electrons. The molecule has 2 heterocycles. The number of pyridine rings is 1. The van der Waals surface area contributed by atoms with E-state index >= 15 is 0 Å². The van der Waals surface area contributed by atoms with Crippen LogP contribution < -0.4 is 4.90 Å². The molecule has 1 atom stereocenters. The van der Waals surface area contributed by atoms with Crippen LogP contribution in [0.1, 0.15) is 23.1 Å². The van der Waals surface area contributed by atoms with E-state index < -0.39 is 5.25 Å². The number of hydrogen-bond acceptors (Lipinski definition) is 6. The molecule has 0 spiro atoms. The van der Waals surface area contributed by atoms with Crippen LogP contribution in [-0.2, 0) is 9.59 Å². The summed E-state index contributed by atoms with van der Waals surface area (Å²) >= 11 is 1.13. The molecule has 0 saturated carbocycles. The fourth-order valence-electron chi connectivity index (χ4n) is 3.29. The molecule has 0 bridgehead atoms. The van der Waals surface area contributed by atoms with E-state index in [1.54, 1.807) is 36.4 Å². The molecule has 1 unspecified atom stereocenters. The Morgan fingerprint density at radius 3 is 2.32 bits per heavy atom. The Kier molecular flexibility index (Phi) is 5.53. The van der Waals surface area contributed by atoms with Gasteiger partial charge in [-0.3, -0.25) is 9.59 Å². The minimum Gasteiger partial charge on any atom is -0.274 e. The number of anilines is 1. The van der Waals surface area contributed by atoms with Crippen molar-refractivity contribution in [2.24, 2.45) is 0 Å². The molecule has 0 N–H and O–H groups in total. The molecule has 0 aliphatic carbocycles. The first kappa shape index (κ1) is 20.3. The largest absolute Gasteiger partial charge is 0.274 e. The van der Waals surface area contributed by atoms with E-state index in [4.69, 9.17) is 5.26 Å². The van der Waals surface area contributed by atoms with Crippen molar-refractivity contribution < 1.29 is 9.59 Å². The summed E-state index contributed by atoms with van der Waals surface area (Å²) in [6, 6.07) is 21.8. The second-order valence-corrected chi connectivity index (χ2v) is 8.26. The fraction of sp³-hybridized carbons (Fsp3) is 0.125. The monoisotopic (exact) mass is 424 g/mol. The zero-order valence-electron chi connectivity index (χ0n) is 16.6. The van der Waals surface area contributed by atoms with Crippen molar-refractivity contribution >= 4 is 29.3 Å². The zero-order chi connectivity index (χ0) is 22.0. The highest BCUT2D eigenvalue weighted by atomic mass is 32.2. The molecule has 1 fully saturated rings. The molecule has 6 nitrogen and oxygen atoms in total. The molecule has 2 amide bonds. The number of benzene rings is 2. The number of carbonyl (C=O) groups excluding carboxylic acids is 2. The number of aryl methyl sites for hydroxylation is 1. The first-order valence-corrected chi connectivity index (χ1v) is 10.4. The maximum atomic E-state index is 13.0. The number of nitrogens with zero attached hydrogens (tertiary/aromatic N) is 4. The van der Waals surface area contributed by atoms with E-state index in [0.717, 1.165) is 27.8 Å². The van der Waals surface area contributed by atoms with Crippen LogP contribution >= 0.6 is 11.8 Å². The molecule has 3 aromatic rings. The second-order valence-electron chi connectivity index (χ2n) is 7.06. The molecule has 1 aliphatic heterocycles. The maximum Gasteiger partial charge on any atom is 0.247 e. The topological polar surface area (TPSA) is 97.9 Å². The van der Waals surface area contributed by atoms with Crippen LogP contribution in [0, 0.1) is 29.6 Å². The lowest BCUT2D eigenvalue weighted by molar-refractivity contribution is -0.121. The van der Waals surface area contributed by atoms with Gasteiger partial charge in [0.25, 0.3) is 0 Å². The molecule has 1 aliphatic rings. The van der Waals surface area contributed by atoms with Crippen molar-refractivity contribution in [2.75, 3.05) is 4.90 Å². The van der Waals surface area contributed by atoms with Gasteiger partial charge in [0, 0.05) is 12.0 Å². The smallest absolute Gasteiger partial charge is 0.247 e. The van der Waals surface area contributed by atoms with Gasteiger partial charge in [-0.05, 0) is 43.3 Å². The van der Waals surface area contributed by atoms with Gasteiger partial charge >= 0.3 is 0 Å². The highest BCUT2D eigenvalue weighted by molar-refractivity contribution is 8.00. The summed E-state index contributed by atoms with van der Waals surface area (Å²) in [5.41, 5.74) is 3.97. The summed E-state index contributed by atoms with van der Waals surface area (Å²) < 4.78 is 0. The van der Waals surface area contributed by atoms with Crippen molar-refractivity contribution in [3.63, 3.8) is 0 Å². The molecular weight excluding hydrogens is 408 g/mol. The van der Waals surface area contributed by atoms with E-state index in [0.29, 0.717) is 27.5 Å². The molecular formula is C24H16N4O2S. The fourth-order valence-corrected chi connectivity index (χ4v) is 4.38. The van der Waals surface area contributed by atoms with Crippen LogP contribution in [0.3, 0.4) is 0 Å². The number of nitriles is 2. The summed E-state index contributed by atoms with van der Waals surface area (Å²) in [4.78, 5) is 31.3. The number of rotatable bonds is 4. The van der Waals surface area contributed by atoms with Crippen LogP contribution in [-0.4, -0.2) is 22.0 Å². The Morgan fingerprint density at radius 2 is 1.68 bits per heavy atom. The summed E-state index contributed by atoms with van der Waals surface area (Å²) in [5, 5.41) is 18.2. The number of imide groups is 1. The van der Waals surface area contributed by atoms with E-state index in [1.807, 2.05) is 37.3 Å². The van der Waals surface area contributed by atoms with Gasteiger partial charge in [0.1, 0.15) is 11.1 Å². The summed E-state index contributed by atoms with van der Waals surface area (Å²) in [6.07, 6.45) is 0.0187. The SMILES string of the molecule is Cc1ccc(-c2ccc(C#N)c(SC3CC(=O)N(c4ccc(C#N)cc4)C3=O)n2)cc1. The number of hydrogen-bond donors (Lipinski definition) is 0. The van der Waals surface area contributed by atoms with Crippen molar-refractivity contribution in [3.8, 4) is 23.4 Å². The highest BCUT2D eigenvalue weighted by Crippen LogP contribution is 2.35. The Balaban J connectivity index is 1.61. The molecule has 1 aromatic heterocycles. The third-order valence-corrected chi connectivity index (χ3v) is 6.13. The van der Waals surface area contributed by atoms with E-state index in [1.165, 1.54) is 0 Å². The van der Waals surface area contributed by atoms with Crippen LogP contribution in [0.15, 0.2) is 65.7 Å². The van der Waals surface area contributed by atoms with Gasteiger partial charge in [-0.15, -0.1) is 0 Å². The molecule has 2 aromatic carbocycles. The third-order valence-electron chi connectivity index (χ3n) is 4.94.